The van der Waals surface area contributed by atoms with Crippen molar-refractivity contribution in [3.63, 3.8) is 0 Å². The largest absolute Gasteiger partial charge is 0.508 e. The topological polar surface area (TPSA) is 111 Å². The number of fused-ring (bicyclic) bond motifs is 4. The van der Waals surface area contributed by atoms with Crippen LogP contribution in [0.3, 0.4) is 0 Å². The van der Waals surface area contributed by atoms with Crippen molar-refractivity contribution in [3.05, 3.63) is 93.4 Å². The number of halogens is 11. The molecule has 9 nitrogen and oxygen atoms in total. The van der Waals surface area contributed by atoms with Crippen molar-refractivity contribution in [3.8, 4) is 5.75 Å². The maximum absolute atomic E-state index is 15.2. The van der Waals surface area contributed by atoms with Gasteiger partial charge in [-0.1, -0.05) is 35.4 Å². The lowest BCUT2D eigenvalue weighted by atomic mass is 9.56. The Kier molecular flexibility index (Phi) is 8.36. The van der Waals surface area contributed by atoms with E-state index in [4.69, 9.17) is 34.8 Å². The van der Waals surface area contributed by atoms with E-state index in [1.807, 2.05) is 0 Å². The average molecular weight is 810 g/mol. The number of allylic oxidation sites excluding steroid dienone is 2. The van der Waals surface area contributed by atoms with Crippen LogP contribution in [0.5, 0.6) is 5.75 Å². The van der Waals surface area contributed by atoms with Crippen LogP contribution in [0.4, 0.5) is 46.6 Å². The Hall–Kier alpha value is -4.48. The highest BCUT2D eigenvalue weighted by atomic mass is 35.5. The number of aromatic hydroxyl groups is 1. The van der Waals surface area contributed by atoms with Crippen molar-refractivity contribution in [2.45, 2.75) is 34.7 Å². The van der Waals surface area contributed by atoms with Crippen LogP contribution in [0.2, 0.25) is 5.02 Å². The summed E-state index contributed by atoms with van der Waals surface area (Å²) in [6, 6.07) is 6.38. The van der Waals surface area contributed by atoms with Gasteiger partial charge in [0, 0.05) is 13.0 Å². The van der Waals surface area contributed by atoms with Gasteiger partial charge in [-0.2, -0.15) is 18.2 Å². The summed E-state index contributed by atoms with van der Waals surface area (Å²) in [6.45, 7) is 0. The number of phenols is 1. The molecule has 7 rings (SSSR count). The fraction of sp³-hybridized carbons (Fsp3) is 0.303. The Bertz CT molecular complexity index is 2200. The van der Waals surface area contributed by atoms with Crippen LogP contribution in [0.1, 0.15) is 30.0 Å². The number of anilines is 2. The molecule has 278 valence electrons. The number of amides is 4. The highest BCUT2D eigenvalue weighted by molar-refractivity contribution is 6.58. The van der Waals surface area contributed by atoms with Crippen LogP contribution < -0.4 is 9.91 Å². The first-order valence-electron chi connectivity index (χ1n) is 15.3. The summed E-state index contributed by atoms with van der Waals surface area (Å²) in [4.78, 5) is 54.1. The van der Waals surface area contributed by atoms with Crippen molar-refractivity contribution in [2.75, 3.05) is 17.0 Å². The molecule has 3 aromatic rings. The van der Waals surface area contributed by atoms with Crippen molar-refractivity contribution >= 4 is 69.9 Å². The number of pyridine rings is 1. The maximum atomic E-state index is 15.2. The van der Waals surface area contributed by atoms with Crippen molar-refractivity contribution < 1.29 is 59.4 Å². The zero-order chi connectivity index (χ0) is 38.9. The molecule has 2 aliphatic heterocycles. The lowest BCUT2D eigenvalue weighted by molar-refractivity contribution is -0.141. The van der Waals surface area contributed by atoms with Gasteiger partial charge in [-0.3, -0.25) is 24.2 Å². The van der Waals surface area contributed by atoms with Crippen molar-refractivity contribution in [2.24, 2.45) is 17.8 Å². The summed E-state index contributed by atoms with van der Waals surface area (Å²) < 4.78 is 114. The number of hydrogen-bond acceptors (Lipinski definition) is 7. The van der Waals surface area contributed by atoms with Crippen molar-refractivity contribution in [1.29, 1.82) is 0 Å². The predicted molar refractivity (Wildman–Crippen MR) is 169 cm³/mol. The fourth-order valence-corrected chi connectivity index (χ4v) is 9.00. The molecule has 1 N–H and O–H groups in total. The van der Waals surface area contributed by atoms with Gasteiger partial charge in [0.25, 0.3) is 23.6 Å². The smallest absolute Gasteiger partial charge is 0.433 e. The van der Waals surface area contributed by atoms with E-state index in [1.54, 1.807) is 0 Å². The zero-order valence-electron chi connectivity index (χ0n) is 26.3. The molecular weight excluding hydrogens is 791 g/mol. The van der Waals surface area contributed by atoms with Gasteiger partial charge in [0.2, 0.25) is 5.82 Å². The van der Waals surface area contributed by atoms with E-state index < -0.39 is 122 Å². The number of carbonyl (C=O) groups excluding carboxylic acids is 4. The van der Waals surface area contributed by atoms with Crippen LogP contribution in [-0.4, -0.2) is 55.5 Å². The molecule has 1 aromatic heterocycles. The minimum absolute atomic E-state index is 0.0365. The molecule has 1 saturated carbocycles. The number of imide groups is 2. The molecular formula is C33H19Cl3F8N4O5. The van der Waals surface area contributed by atoms with Crippen LogP contribution in [0.15, 0.2) is 48.0 Å². The van der Waals surface area contributed by atoms with E-state index in [0.29, 0.717) is 16.1 Å². The standard InChI is InChI=1S/C33H19Cl3F8N4O5/c1-46(26-16(34)7-8-17(45-26)33(42,43)44)48-27(50)14-6-5-13-15(18(14)28(48)51)10-31(35)29(52)47(25-23(40)21(38)20(37)22(39)24(25)41)30(53)32(31,36)19(13)11-3-2-4-12(49)9-11/h2-5,7-9,14-15,18-19,49H,6,10H2,1H3. The quantitative estimate of drug-likeness (QED) is 0.0774. The summed E-state index contributed by atoms with van der Waals surface area (Å²) in [5.74, 6) is -24.7. The summed E-state index contributed by atoms with van der Waals surface area (Å²) in [5, 5.41) is 11.2. The SMILES string of the molecule is CN(c1nc(C(F)(F)F)ccc1Cl)N1C(=O)C2CC=C3C(CC4(Cl)C(=O)N(c5c(F)c(F)c(F)c(F)c5F)C(=O)C4(Cl)C3c3cccc(O)c3)C2C1=O. The van der Waals surface area contributed by atoms with E-state index >= 15 is 8.78 Å². The first-order chi connectivity index (χ1) is 24.7. The normalized spacial score (nSPS) is 28.3. The number of phenolic OH excluding ortho intramolecular Hbond substituents is 1. The predicted octanol–water partition coefficient (Wildman–Crippen LogP) is 6.77. The van der Waals surface area contributed by atoms with Gasteiger partial charge in [0.1, 0.15) is 17.1 Å². The summed E-state index contributed by atoms with van der Waals surface area (Å²) in [6.07, 6.45) is -4.61. The van der Waals surface area contributed by atoms with Gasteiger partial charge in [0.15, 0.2) is 38.8 Å². The van der Waals surface area contributed by atoms with Gasteiger partial charge in [-0.15, -0.1) is 23.2 Å². The second-order valence-corrected chi connectivity index (χ2v) is 14.4. The number of hydrazine groups is 1. The molecule has 4 aliphatic rings. The van der Waals surface area contributed by atoms with Gasteiger partial charge in [0.05, 0.1) is 16.9 Å². The lowest BCUT2D eigenvalue weighted by Gasteiger charge is -2.50. The van der Waals surface area contributed by atoms with E-state index in [1.165, 1.54) is 24.3 Å². The first-order valence-corrected chi connectivity index (χ1v) is 16.4. The van der Waals surface area contributed by atoms with Crippen LogP contribution in [-0.2, 0) is 25.4 Å². The summed E-state index contributed by atoms with van der Waals surface area (Å²) in [5.41, 5.74) is -3.30. The van der Waals surface area contributed by atoms with Crippen LogP contribution in [0.25, 0.3) is 0 Å². The monoisotopic (exact) mass is 808 g/mol. The molecule has 2 saturated heterocycles. The number of carbonyl (C=O) groups is 4. The Morgan fingerprint density at radius 3 is 2.11 bits per heavy atom. The summed E-state index contributed by atoms with van der Waals surface area (Å²) >= 11 is 20.2. The number of benzene rings is 2. The number of hydrogen-bond donors (Lipinski definition) is 1. The molecule has 53 heavy (non-hydrogen) atoms. The third-order valence-electron chi connectivity index (χ3n) is 10.1. The molecule has 6 unspecified atom stereocenters. The number of alkyl halides is 5. The number of nitrogens with zero attached hydrogens (tertiary/aromatic N) is 4. The van der Waals surface area contributed by atoms with Gasteiger partial charge < -0.3 is 5.11 Å². The molecule has 2 aliphatic carbocycles. The van der Waals surface area contributed by atoms with E-state index in [0.717, 1.165) is 19.2 Å². The Balaban J connectivity index is 1.38. The van der Waals surface area contributed by atoms with E-state index in [-0.39, 0.29) is 27.5 Å². The Morgan fingerprint density at radius 2 is 1.51 bits per heavy atom. The summed E-state index contributed by atoms with van der Waals surface area (Å²) in [7, 11) is 1.06. The van der Waals surface area contributed by atoms with Gasteiger partial charge in [-0.25, -0.2) is 31.8 Å². The fourth-order valence-electron chi connectivity index (χ4n) is 7.83. The maximum Gasteiger partial charge on any atom is 0.433 e. The molecule has 20 heteroatoms. The second kappa shape index (κ2) is 12.0. The molecule has 0 spiro atoms. The third-order valence-corrected chi connectivity index (χ3v) is 11.8. The van der Waals surface area contributed by atoms with E-state index in [2.05, 4.69) is 4.98 Å². The van der Waals surface area contributed by atoms with E-state index in [9.17, 15) is 50.6 Å². The highest BCUT2D eigenvalue weighted by Crippen LogP contribution is 2.66. The number of aromatic nitrogens is 1. The first kappa shape index (κ1) is 36.9. The third kappa shape index (κ3) is 4.92. The van der Waals surface area contributed by atoms with Crippen LogP contribution in [0, 0.1) is 46.8 Å². The zero-order valence-corrected chi connectivity index (χ0v) is 28.6. The molecule has 0 bridgehead atoms. The molecule has 3 fully saturated rings. The van der Waals surface area contributed by atoms with Crippen LogP contribution >= 0.6 is 34.8 Å². The Labute approximate surface area is 307 Å². The molecule has 0 radical (unpaired) electrons. The minimum Gasteiger partial charge on any atom is -0.508 e. The molecule has 3 heterocycles. The second-order valence-electron chi connectivity index (χ2n) is 12.8. The molecule has 4 amide bonds. The molecule has 2 aromatic carbocycles. The average Bonchev–Trinajstić information content (AvgIpc) is 3.43. The molecule has 6 atom stereocenters. The highest BCUT2D eigenvalue weighted by Gasteiger charge is 2.77. The van der Waals surface area contributed by atoms with Crippen molar-refractivity contribution in [1.82, 2.24) is 9.99 Å². The lowest BCUT2D eigenvalue weighted by Crippen LogP contribution is -2.60. The van der Waals surface area contributed by atoms with Gasteiger partial charge >= 0.3 is 6.18 Å². The van der Waals surface area contributed by atoms with Gasteiger partial charge in [-0.05, 0) is 48.6 Å². The number of rotatable bonds is 4. The Morgan fingerprint density at radius 1 is 0.887 bits per heavy atom. The minimum atomic E-state index is -4.94.